The van der Waals surface area contributed by atoms with E-state index in [-0.39, 0.29) is 5.75 Å². The predicted molar refractivity (Wildman–Crippen MR) is 73.7 cm³/mol. The Morgan fingerprint density at radius 3 is 2.30 bits per heavy atom. The summed E-state index contributed by atoms with van der Waals surface area (Å²) in [5.74, 6) is -1.73. The maximum Gasteiger partial charge on any atom is 0.329 e. The van der Waals surface area contributed by atoms with E-state index < -0.39 is 33.5 Å². The van der Waals surface area contributed by atoms with Gasteiger partial charge in [-0.3, -0.25) is 4.79 Å². The second-order valence-electron chi connectivity index (χ2n) is 5.24. The number of nitrogens with one attached hydrogen (secondary N) is 2. The van der Waals surface area contributed by atoms with Crippen LogP contribution in [-0.4, -0.2) is 42.7 Å². The number of carboxylic acids is 1. The minimum atomic E-state index is -3.51. The molecule has 1 rings (SSSR count). The van der Waals surface area contributed by atoms with Crippen LogP contribution in [0.15, 0.2) is 0 Å². The summed E-state index contributed by atoms with van der Waals surface area (Å²) in [6.45, 7) is 3.13. The van der Waals surface area contributed by atoms with Gasteiger partial charge in [-0.15, -0.1) is 0 Å². The van der Waals surface area contributed by atoms with Crippen molar-refractivity contribution in [2.75, 3.05) is 5.75 Å². The molecule has 0 bridgehead atoms. The van der Waals surface area contributed by atoms with E-state index in [2.05, 4.69) is 10.0 Å². The van der Waals surface area contributed by atoms with Gasteiger partial charge in [0.25, 0.3) is 0 Å². The molecule has 1 atom stereocenters. The van der Waals surface area contributed by atoms with E-state index in [1.807, 2.05) is 0 Å². The van der Waals surface area contributed by atoms with Crippen molar-refractivity contribution in [3.05, 3.63) is 0 Å². The van der Waals surface area contributed by atoms with Crippen molar-refractivity contribution < 1.29 is 23.1 Å². The maximum absolute atomic E-state index is 12.0. The molecule has 0 aromatic carbocycles. The lowest BCUT2D eigenvalue weighted by Crippen LogP contribution is -2.57. The lowest BCUT2D eigenvalue weighted by atomic mass is 9.97. The Labute approximate surface area is 119 Å². The molecular weight excluding hydrogens is 284 g/mol. The van der Waals surface area contributed by atoms with Gasteiger partial charge in [-0.05, 0) is 26.2 Å². The molecule has 0 spiro atoms. The minimum absolute atomic E-state index is 0.0608. The number of aliphatic carboxylic acids is 1. The third-order valence-corrected chi connectivity index (χ3v) is 5.11. The molecule has 116 valence electrons. The summed E-state index contributed by atoms with van der Waals surface area (Å²) in [6.07, 6.45) is 2.68. The van der Waals surface area contributed by atoms with Crippen LogP contribution in [0.25, 0.3) is 0 Å². The minimum Gasteiger partial charge on any atom is -0.480 e. The molecule has 7 nitrogen and oxygen atoms in total. The zero-order chi connectivity index (χ0) is 15.4. The van der Waals surface area contributed by atoms with Gasteiger partial charge in [-0.25, -0.2) is 17.9 Å². The summed E-state index contributed by atoms with van der Waals surface area (Å²) in [5.41, 5.74) is -1.25. The third kappa shape index (κ3) is 4.17. The molecule has 3 N–H and O–H groups in total. The molecule has 0 heterocycles. The average molecular weight is 306 g/mol. The second kappa shape index (κ2) is 6.53. The number of amides is 1. The van der Waals surface area contributed by atoms with Crippen molar-refractivity contribution in [2.24, 2.45) is 0 Å². The number of carbonyl (C=O) groups excluding carboxylic acids is 1. The Morgan fingerprint density at radius 1 is 1.30 bits per heavy atom. The standard InChI is InChI=1S/C12H22N2O5S/c1-3-8-20(18,19)14-9(2)10(15)13-12(11(16)17)6-4-5-7-12/h9,14H,3-8H2,1-2H3,(H,13,15)(H,16,17). The van der Waals surface area contributed by atoms with Crippen LogP contribution in [0, 0.1) is 0 Å². The zero-order valence-corrected chi connectivity index (χ0v) is 12.6. The smallest absolute Gasteiger partial charge is 0.329 e. The lowest BCUT2D eigenvalue weighted by Gasteiger charge is -2.27. The van der Waals surface area contributed by atoms with Gasteiger partial charge in [-0.2, -0.15) is 0 Å². The lowest BCUT2D eigenvalue weighted by molar-refractivity contribution is -0.147. The fourth-order valence-corrected chi connectivity index (χ4v) is 3.67. The molecule has 1 aliphatic carbocycles. The van der Waals surface area contributed by atoms with E-state index in [4.69, 9.17) is 0 Å². The van der Waals surface area contributed by atoms with Crippen LogP contribution in [0.4, 0.5) is 0 Å². The summed E-state index contributed by atoms with van der Waals surface area (Å²) >= 11 is 0. The van der Waals surface area contributed by atoms with Crippen molar-refractivity contribution in [2.45, 2.75) is 57.5 Å². The van der Waals surface area contributed by atoms with Crippen molar-refractivity contribution in [3.63, 3.8) is 0 Å². The highest BCUT2D eigenvalue weighted by molar-refractivity contribution is 7.89. The van der Waals surface area contributed by atoms with Crippen LogP contribution in [0.5, 0.6) is 0 Å². The van der Waals surface area contributed by atoms with Gasteiger partial charge in [0.1, 0.15) is 5.54 Å². The largest absolute Gasteiger partial charge is 0.480 e. The quantitative estimate of drug-likeness (QED) is 0.622. The first-order chi connectivity index (χ1) is 9.22. The first-order valence-corrected chi connectivity index (χ1v) is 8.43. The third-order valence-electron chi connectivity index (χ3n) is 3.45. The Kier molecular flexibility index (Phi) is 5.52. The van der Waals surface area contributed by atoms with Crippen molar-refractivity contribution >= 4 is 21.9 Å². The van der Waals surface area contributed by atoms with E-state index >= 15 is 0 Å². The van der Waals surface area contributed by atoms with Gasteiger partial charge >= 0.3 is 5.97 Å². The molecule has 8 heteroatoms. The Morgan fingerprint density at radius 2 is 1.85 bits per heavy atom. The zero-order valence-electron chi connectivity index (χ0n) is 11.8. The number of sulfonamides is 1. The van der Waals surface area contributed by atoms with Crippen LogP contribution < -0.4 is 10.0 Å². The van der Waals surface area contributed by atoms with Gasteiger partial charge in [0.15, 0.2) is 0 Å². The van der Waals surface area contributed by atoms with Gasteiger partial charge in [0, 0.05) is 0 Å². The van der Waals surface area contributed by atoms with Gasteiger partial charge in [0.05, 0.1) is 11.8 Å². The van der Waals surface area contributed by atoms with Crippen LogP contribution in [0.2, 0.25) is 0 Å². The van der Waals surface area contributed by atoms with E-state index in [9.17, 15) is 23.1 Å². The molecule has 0 aromatic rings. The average Bonchev–Trinajstić information content (AvgIpc) is 2.77. The van der Waals surface area contributed by atoms with Crippen molar-refractivity contribution in [1.82, 2.24) is 10.0 Å². The molecule has 1 fully saturated rings. The normalized spacial score (nSPS) is 19.5. The number of carbonyl (C=O) groups is 2. The van der Waals surface area contributed by atoms with Crippen LogP contribution in [-0.2, 0) is 19.6 Å². The molecule has 1 unspecified atom stereocenters. The molecule has 20 heavy (non-hydrogen) atoms. The molecule has 0 saturated heterocycles. The van der Waals surface area contributed by atoms with Crippen LogP contribution >= 0.6 is 0 Å². The highest BCUT2D eigenvalue weighted by Crippen LogP contribution is 2.29. The fourth-order valence-electron chi connectivity index (χ4n) is 2.37. The van der Waals surface area contributed by atoms with E-state index in [0.717, 1.165) is 12.8 Å². The topological polar surface area (TPSA) is 113 Å². The fraction of sp³-hybridized carbons (Fsp3) is 0.833. The monoisotopic (exact) mass is 306 g/mol. The van der Waals surface area contributed by atoms with Crippen LogP contribution in [0.1, 0.15) is 46.0 Å². The van der Waals surface area contributed by atoms with Gasteiger partial charge in [-0.1, -0.05) is 19.8 Å². The first kappa shape index (κ1) is 16.9. The van der Waals surface area contributed by atoms with E-state index in [0.29, 0.717) is 19.3 Å². The SMILES string of the molecule is CCCS(=O)(=O)NC(C)C(=O)NC1(C(=O)O)CCCC1. The summed E-state index contributed by atoms with van der Waals surface area (Å²) in [5, 5.41) is 11.7. The number of hydrogen-bond acceptors (Lipinski definition) is 4. The highest BCUT2D eigenvalue weighted by Gasteiger charge is 2.43. The van der Waals surface area contributed by atoms with Crippen molar-refractivity contribution in [1.29, 1.82) is 0 Å². The molecule has 1 amide bonds. The summed E-state index contributed by atoms with van der Waals surface area (Å²) in [7, 11) is -3.51. The number of hydrogen-bond donors (Lipinski definition) is 3. The molecule has 1 saturated carbocycles. The molecule has 1 aliphatic rings. The first-order valence-electron chi connectivity index (χ1n) is 6.78. The molecule has 0 aliphatic heterocycles. The summed E-state index contributed by atoms with van der Waals surface area (Å²) < 4.78 is 25.4. The Hall–Kier alpha value is -1.15. The second-order valence-corrected chi connectivity index (χ2v) is 7.12. The number of rotatable bonds is 7. The number of carboxylic acid groups (broad SMARTS) is 1. The summed E-state index contributed by atoms with van der Waals surface area (Å²) in [6, 6.07) is -0.983. The Bertz CT molecular complexity index is 468. The van der Waals surface area contributed by atoms with Crippen LogP contribution in [0.3, 0.4) is 0 Å². The Balaban J connectivity index is 2.68. The molecule has 0 radical (unpaired) electrons. The van der Waals surface area contributed by atoms with E-state index in [1.54, 1.807) is 6.92 Å². The van der Waals surface area contributed by atoms with Crippen molar-refractivity contribution in [3.8, 4) is 0 Å². The molecular formula is C12H22N2O5S. The van der Waals surface area contributed by atoms with Gasteiger partial charge in [0.2, 0.25) is 15.9 Å². The maximum atomic E-state index is 12.0. The molecule has 0 aromatic heterocycles. The predicted octanol–water partition coefficient (Wildman–Crippen LogP) is 0.218. The van der Waals surface area contributed by atoms with Gasteiger partial charge < -0.3 is 10.4 Å². The highest BCUT2D eigenvalue weighted by atomic mass is 32.2. The van der Waals surface area contributed by atoms with E-state index in [1.165, 1.54) is 6.92 Å². The summed E-state index contributed by atoms with van der Waals surface area (Å²) in [4.78, 5) is 23.3.